The molecule has 0 unspecified atom stereocenters. The summed E-state index contributed by atoms with van der Waals surface area (Å²) in [5.41, 5.74) is 4.77. The Morgan fingerprint density at radius 2 is 2.10 bits per heavy atom. The molecular weight excluding hydrogens is 131 g/mol. The van der Waals surface area contributed by atoms with Crippen LogP contribution in [0.2, 0.25) is 0 Å². The molecule has 0 bridgehead atoms. The number of halogens is 1. The minimum Gasteiger partial charge on any atom is -0.397 e. The van der Waals surface area contributed by atoms with Crippen molar-refractivity contribution >= 4 is 0 Å². The van der Waals surface area contributed by atoms with Crippen molar-refractivity contribution in [1.29, 1.82) is 5.26 Å². The fourth-order valence-electron chi connectivity index (χ4n) is 0.278. The van der Waals surface area contributed by atoms with Gasteiger partial charge in [0.15, 0.2) is 0 Å². The summed E-state index contributed by atoms with van der Waals surface area (Å²) < 4.78 is 12.4. The summed E-state index contributed by atoms with van der Waals surface area (Å²) in [6.45, 7) is 6.35. The summed E-state index contributed by atoms with van der Waals surface area (Å²) in [7, 11) is 0. The summed E-state index contributed by atoms with van der Waals surface area (Å²) in [6, 6.07) is 1.64. The van der Waals surface area contributed by atoms with Gasteiger partial charge in [0.1, 0.15) is 5.83 Å². The predicted molar refractivity (Wildman–Crippen MR) is 37.3 cm³/mol. The van der Waals surface area contributed by atoms with Gasteiger partial charge >= 0.3 is 0 Å². The molecule has 0 saturated carbocycles. The standard InChI is InChI=1S/C7H7FN2/c1-5(4-9)3-7(8)6(2)10/h3H,1-2,10H2/b7-3+. The highest BCUT2D eigenvalue weighted by molar-refractivity contribution is 5.35. The maximum atomic E-state index is 12.4. The van der Waals surface area contributed by atoms with E-state index in [9.17, 15) is 4.39 Å². The van der Waals surface area contributed by atoms with Crippen LogP contribution >= 0.6 is 0 Å². The van der Waals surface area contributed by atoms with E-state index in [-0.39, 0.29) is 11.3 Å². The van der Waals surface area contributed by atoms with Crippen LogP contribution in [0.1, 0.15) is 0 Å². The fourth-order valence-corrected chi connectivity index (χ4v) is 0.278. The van der Waals surface area contributed by atoms with E-state index in [1.807, 2.05) is 0 Å². The van der Waals surface area contributed by atoms with Crippen LogP contribution in [0.4, 0.5) is 4.39 Å². The number of nitrogens with two attached hydrogens (primary N) is 1. The molecule has 0 spiro atoms. The molecule has 0 aromatic heterocycles. The van der Waals surface area contributed by atoms with Gasteiger partial charge in [-0.2, -0.15) is 5.26 Å². The molecule has 0 aromatic carbocycles. The molecule has 3 heteroatoms. The first-order valence-electron chi connectivity index (χ1n) is 2.49. The smallest absolute Gasteiger partial charge is 0.146 e. The lowest BCUT2D eigenvalue weighted by Crippen LogP contribution is -1.94. The van der Waals surface area contributed by atoms with Gasteiger partial charge in [-0.25, -0.2) is 4.39 Å². The number of hydrogen-bond acceptors (Lipinski definition) is 2. The molecule has 0 aliphatic carbocycles. The Balaban J connectivity index is 4.35. The average Bonchev–Trinajstić information content (AvgIpc) is 1.87. The molecule has 0 heterocycles. The summed E-state index contributed by atoms with van der Waals surface area (Å²) in [5.74, 6) is -0.716. The largest absolute Gasteiger partial charge is 0.397 e. The van der Waals surface area contributed by atoms with Gasteiger partial charge in [-0.3, -0.25) is 0 Å². The monoisotopic (exact) mass is 138 g/mol. The zero-order valence-corrected chi connectivity index (χ0v) is 5.39. The van der Waals surface area contributed by atoms with Crippen LogP contribution in [-0.2, 0) is 0 Å². The molecule has 2 N–H and O–H groups in total. The molecular formula is C7H7FN2. The lowest BCUT2D eigenvalue weighted by Gasteiger charge is -1.90. The van der Waals surface area contributed by atoms with E-state index in [4.69, 9.17) is 11.0 Å². The Morgan fingerprint density at radius 3 is 2.40 bits per heavy atom. The van der Waals surface area contributed by atoms with E-state index in [2.05, 4.69) is 13.2 Å². The van der Waals surface area contributed by atoms with E-state index in [0.29, 0.717) is 0 Å². The summed E-state index contributed by atoms with van der Waals surface area (Å²) in [4.78, 5) is 0. The second-order valence-electron chi connectivity index (χ2n) is 1.65. The van der Waals surface area contributed by atoms with Crippen molar-refractivity contribution in [2.45, 2.75) is 0 Å². The normalized spacial score (nSPS) is 10.2. The molecule has 0 aromatic rings. The quantitative estimate of drug-likeness (QED) is 0.463. The van der Waals surface area contributed by atoms with Crippen molar-refractivity contribution in [3.8, 4) is 6.07 Å². The minimum absolute atomic E-state index is 0.0177. The first-order valence-corrected chi connectivity index (χ1v) is 2.49. The number of rotatable bonds is 2. The van der Waals surface area contributed by atoms with Crippen LogP contribution in [0.25, 0.3) is 0 Å². The first-order chi connectivity index (χ1) is 4.57. The van der Waals surface area contributed by atoms with Crippen LogP contribution in [0.15, 0.2) is 36.3 Å². The molecule has 2 nitrogen and oxygen atoms in total. The third-order valence-electron chi connectivity index (χ3n) is 0.751. The van der Waals surface area contributed by atoms with Gasteiger partial charge in [0.2, 0.25) is 0 Å². The third-order valence-corrected chi connectivity index (χ3v) is 0.751. The molecule has 52 valence electrons. The van der Waals surface area contributed by atoms with E-state index in [1.54, 1.807) is 6.07 Å². The van der Waals surface area contributed by atoms with Crippen LogP contribution in [-0.4, -0.2) is 0 Å². The summed E-state index contributed by atoms with van der Waals surface area (Å²) in [6.07, 6.45) is 0.933. The average molecular weight is 138 g/mol. The molecule has 0 aliphatic rings. The first kappa shape index (κ1) is 8.44. The topological polar surface area (TPSA) is 49.8 Å². The second-order valence-corrected chi connectivity index (χ2v) is 1.65. The number of allylic oxidation sites excluding steroid dienone is 3. The van der Waals surface area contributed by atoms with Crippen LogP contribution < -0.4 is 5.73 Å². The van der Waals surface area contributed by atoms with Crippen molar-refractivity contribution in [2.24, 2.45) is 5.73 Å². The van der Waals surface area contributed by atoms with Crippen LogP contribution in [0.5, 0.6) is 0 Å². The maximum Gasteiger partial charge on any atom is 0.146 e. The van der Waals surface area contributed by atoms with Gasteiger partial charge in [0.05, 0.1) is 11.8 Å². The predicted octanol–water partition coefficient (Wildman–Crippen LogP) is 1.39. The van der Waals surface area contributed by atoms with Crippen LogP contribution in [0, 0.1) is 11.3 Å². The molecule has 10 heavy (non-hydrogen) atoms. The van der Waals surface area contributed by atoms with Crippen molar-refractivity contribution in [2.75, 3.05) is 0 Å². The van der Waals surface area contributed by atoms with E-state index < -0.39 is 5.83 Å². The highest BCUT2D eigenvalue weighted by Gasteiger charge is 1.95. The lowest BCUT2D eigenvalue weighted by atomic mass is 10.3. The Hall–Kier alpha value is -1.56. The van der Waals surface area contributed by atoms with E-state index in [0.717, 1.165) is 6.08 Å². The summed E-state index contributed by atoms with van der Waals surface area (Å²) >= 11 is 0. The molecule has 0 fully saturated rings. The van der Waals surface area contributed by atoms with E-state index in [1.165, 1.54) is 0 Å². The Morgan fingerprint density at radius 1 is 1.60 bits per heavy atom. The third kappa shape index (κ3) is 2.68. The van der Waals surface area contributed by atoms with E-state index >= 15 is 0 Å². The number of nitrogens with zero attached hydrogens (tertiary/aromatic N) is 1. The Labute approximate surface area is 58.8 Å². The van der Waals surface area contributed by atoms with Gasteiger partial charge in [0.25, 0.3) is 0 Å². The number of hydrogen-bond donors (Lipinski definition) is 1. The summed E-state index contributed by atoms with van der Waals surface area (Å²) in [5, 5.41) is 8.13. The molecule has 0 radical (unpaired) electrons. The molecule has 0 rings (SSSR count). The molecule has 0 atom stereocenters. The van der Waals surface area contributed by atoms with Crippen molar-refractivity contribution in [3.63, 3.8) is 0 Å². The second kappa shape index (κ2) is 3.46. The van der Waals surface area contributed by atoms with Gasteiger partial charge in [-0.05, 0) is 6.08 Å². The number of nitriles is 1. The maximum absolute atomic E-state index is 12.4. The van der Waals surface area contributed by atoms with Crippen molar-refractivity contribution in [3.05, 3.63) is 36.3 Å². The van der Waals surface area contributed by atoms with Crippen molar-refractivity contribution < 1.29 is 4.39 Å². The van der Waals surface area contributed by atoms with Crippen molar-refractivity contribution in [1.82, 2.24) is 0 Å². The Kier molecular flexibility index (Phi) is 2.92. The highest BCUT2D eigenvalue weighted by Crippen LogP contribution is 2.05. The zero-order valence-electron chi connectivity index (χ0n) is 5.39. The molecule has 0 amide bonds. The molecule has 0 aliphatic heterocycles. The minimum atomic E-state index is -0.716. The highest BCUT2D eigenvalue weighted by atomic mass is 19.1. The SMILES string of the molecule is C=C(C#N)/C=C(/F)C(=C)N. The zero-order chi connectivity index (χ0) is 8.15. The van der Waals surface area contributed by atoms with Gasteiger partial charge < -0.3 is 5.73 Å². The fraction of sp³-hybridized carbons (Fsp3) is 0. The van der Waals surface area contributed by atoms with Gasteiger partial charge in [-0.15, -0.1) is 0 Å². The molecule has 0 saturated heterocycles. The Bertz CT molecular complexity index is 232. The van der Waals surface area contributed by atoms with Crippen LogP contribution in [0.3, 0.4) is 0 Å². The van der Waals surface area contributed by atoms with Gasteiger partial charge in [0, 0.05) is 5.57 Å². The lowest BCUT2D eigenvalue weighted by molar-refractivity contribution is 0.649. The van der Waals surface area contributed by atoms with Gasteiger partial charge in [-0.1, -0.05) is 13.2 Å².